The lowest BCUT2D eigenvalue weighted by Gasteiger charge is -2.10. The number of para-hydroxylation sites is 1. The van der Waals surface area contributed by atoms with Crippen molar-refractivity contribution in [2.75, 3.05) is 11.9 Å². The molecule has 0 atom stereocenters. The molecule has 0 spiro atoms. The minimum atomic E-state index is -0.544. The molecule has 0 aliphatic carbocycles. The molecular weight excluding hydrogens is 242 g/mol. The second-order valence-electron chi connectivity index (χ2n) is 4.67. The van der Waals surface area contributed by atoms with E-state index in [1.165, 1.54) is 0 Å². The highest BCUT2D eigenvalue weighted by Gasteiger charge is 2.09. The minimum Gasteiger partial charge on any atom is -0.366 e. The number of hydrogen-bond acceptors (Lipinski definition) is 3. The third-order valence-corrected chi connectivity index (χ3v) is 2.60. The minimum absolute atomic E-state index is 0.112. The number of carbonyl (C=O) groups is 2. The van der Waals surface area contributed by atoms with Crippen LogP contribution in [0, 0.1) is 0 Å². The van der Waals surface area contributed by atoms with Gasteiger partial charge in [-0.3, -0.25) is 9.59 Å². The van der Waals surface area contributed by atoms with Crippen molar-refractivity contribution in [3.05, 3.63) is 29.8 Å². The lowest BCUT2D eigenvalue weighted by molar-refractivity contribution is -0.116. The van der Waals surface area contributed by atoms with Gasteiger partial charge in [0.25, 0.3) is 5.91 Å². The summed E-state index contributed by atoms with van der Waals surface area (Å²) in [7, 11) is 0. The molecule has 1 aromatic carbocycles. The van der Waals surface area contributed by atoms with Crippen LogP contribution < -0.4 is 16.4 Å². The molecule has 1 aromatic rings. The third kappa shape index (κ3) is 5.52. The average Bonchev–Trinajstić information content (AvgIpc) is 2.35. The zero-order chi connectivity index (χ0) is 14.3. The zero-order valence-corrected chi connectivity index (χ0v) is 11.4. The fraction of sp³-hybridized carbons (Fsp3) is 0.429. The highest BCUT2D eigenvalue weighted by molar-refractivity contribution is 6.02. The van der Waals surface area contributed by atoms with Crippen molar-refractivity contribution in [2.24, 2.45) is 5.73 Å². The standard InChI is InChI=1S/C14H21N3O2/c1-10(2)16-9-5-8-13(18)17-12-7-4-3-6-11(12)14(15)19/h3-4,6-7,10,16H,5,8-9H2,1-2H3,(H2,15,19)(H,17,18). The second kappa shape index (κ2) is 7.53. The molecular formula is C14H21N3O2. The number of primary amides is 1. The molecule has 104 valence electrons. The van der Waals surface area contributed by atoms with Crippen molar-refractivity contribution in [2.45, 2.75) is 32.7 Å². The van der Waals surface area contributed by atoms with Crippen molar-refractivity contribution < 1.29 is 9.59 Å². The fourth-order valence-corrected chi connectivity index (χ4v) is 1.66. The van der Waals surface area contributed by atoms with Crippen molar-refractivity contribution in [3.63, 3.8) is 0 Å². The van der Waals surface area contributed by atoms with Gasteiger partial charge in [-0.1, -0.05) is 26.0 Å². The van der Waals surface area contributed by atoms with Crippen LogP contribution in [0.15, 0.2) is 24.3 Å². The maximum absolute atomic E-state index is 11.7. The van der Waals surface area contributed by atoms with Crippen LogP contribution in [-0.4, -0.2) is 24.4 Å². The van der Waals surface area contributed by atoms with Gasteiger partial charge < -0.3 is 16.4 Å². The van der Waals surface area contributed by atoms with E-state index in [0.717, 1.165) is 13.0 Å². The molecule has 0 saturated carbocycles. The molecule has 5 nitrogen and oxygen atoms in total. The first-order valence-electron chi connectivity index (χ1n) is 6.42. The largest absolute Gasteiger partial charge is 0.366 e. The number of rotatable bonds is 7. The van der Waals surface area contributed by atoms with Crippen molar-refractivity contribution >= 4 is 17.5 Å². The Bertz CT molecular complexity index is 444. The van der Waals surface area contributed by atoms with Crippen LogP contribution in [-0.2, 0) is 4.79 Å². The summed E-state index contributed by atoms with van der Waals surface area (Å²) >= 11 is 0. The third-order valence-electron chi connectivity index (χ3n) is 2.60. The topological polar surface area (TPSA) is 84.2 Å². The van der Waals surface area contributed by atoms with Crippen LogP contribution in [0.1, 0.15) is 37.0 Å². The number of nitrogens with two attached hydrogens (primary N) is 1. The van der Waals surface area contributed by atoms with Crippen LogP contribution >= 0.6 is 0 Å². The van der Waals surface area contributed by atoms with Gasteiger partial charge in [0.15, 0.2) is 0 Å². The summed E-state index contributed by atoms with van der Waals surface area (Å²) in [6.45, 7) is 4.91. The van der Waals surface area contributed by atoms with E-state index in [-0.39, 0.29) is 5.91 Å². The molecule has 0 unspecified atom stereocenters. The number of amides is 2. The van der Waals surface area contributed by atoms with Gasteiger partial charge in [0.2, 0.25) is 5.91 Å². The summed E-state index contributed by atoms with van der Waals surface area (Å²) in [5, 5.41) is 5.95. The van der Waals surface area contributed by atoms with Gasteiger partial charge >= 0.3 is 0 Å². The summed E-state index contributed by atoms with van der Waals surface area (Å²) in [6, 6.07) is 7.14. The molecule has 0 bridgehead atoms. The van der Waals surface area contributed by atoms with E-state index in [9.17, 15) is 9.59 Å². The normalized spacial score (nSPS) is 10.5. The second-order valence-corrected chi connectivity index (χ2v) is 4.67. The maximum Gasteiger partial charge on any atom is 0.250 e. The zero-order valence-electron chi connectivity index (χ0n) is 11.4. The molecule has 2 amide bonds. The highest BCUT2D eigenvalue weighted by Crippen LogP contribution is 2.14. The van der Waals surface area contributed by atoms with Crippen LogP contribution in [0.3, 0.4) is 0 Å². The van der Waals surface area contributed by atoms with Gasteiger partial charge in [0, 0.05) is 12.5 Å². The Morgan fingerprint density at radius 2 is 1.95 bits per heavy atom. The predicted octanol–water partition coefficient (Wildman–Crippen LogP) is 1.50. The highest BCUT2D eigenvalue weighted by atomic mass is 16.2. The first kappa shape index (κ1) is 15.2. The van der Waals surface area contributed by atoms with E-state index in [2.05, 4.69) is 24.5 Å². The van der Waals surface area contributed by atoms with Crippen LogP contribution in [0.4, 0.5) is 5.69 Å². The summed E-state index contributed by atoms with van der Waals surface area (Å²) in [4.78, 5) is 22.9. The molecule has 0 aliphatic heterocycles. The quantitative estimate of drug-likeness (QED) is 0.652. The molecule has 0 fully saturated rings. The average molecular weight is 263 g/mol. The fourth-order valence-electron chi connectivity index (χ4n) is 1.66. The van der Waals surface area contributed by atoms with Gasteiger partial charge in [-0.15, -0.1) is 0 Å². The van der Waals surface area contributed by atoms with E-state index in [0.29, 0.717) is 23.7 Å². The number of nitrogens with one attached hydrogen (secondary N) is 2. The smallest absolute Gasteiger partial charge is 0.250 e. The van der Waals surface area contributed by atoms with Gasteiger partial charge in [-0.25, -0.2) is 0 Å². The van der Waals surface area contributed by atoms with E-state index in [4.69, 9.17) is 5.73 Å². The van der Waals surface area contributed by atoms with E-state index >= 15 is 0 Å². The predicted molar refractivity (Wildman–Crippen MR) is 76.0 cm³/mol. The van der Waals surface area contributed by atoms with Gasteiger partial charge in [-0.2, -0.15) is 0 Å². The van der Waals surface area contributed by atoms with Gasteiger partial charge in [0.1, 0.15) is 0 Å². The Hall–Kier alpha value is -1.88. The molecule has 0 radical (unpaired) electrons. The Morgan fingerprint density at radius 1 is 1.26 bits per heavy atom. The summed E-state index contributed by atoms with van der Waals surface area (Å²) in [6.07, 6.45) is 1.16. The van der Waals surface area contributed by atoms with E-state index in [1.807, 2.05) is 0 Å². The van der Waals surface area contributed by atoms with Crippen molar-refractivity contribution in [1.82, 2.24) is 5.32 Å². The van der Waals surface area contributed by atoms with E-state index < -0.39 is 5.91 Å². The molecule has 0 aromatic heterocycles. The first-order chi connectivity index (χ1) is 9.00. The Kier molecular flexibility index (Phi) is 6.02. The summed E-state index contributed by atoms with van der Waals surface area (Å²) in [5.74, 6) is -0.656. The molecule has 0 heterocycles. The maximum atomic E-state index is 11.7. The lowest BCUT2D eigenvalue weighted by atomic mass is 10.1. The van der Waals surface area contributed by atoms with Crippen LogP contribution in [0.5, 0.6) is 0 Å². The molecule has 5 heteroatoms. The molecule has 4 N–H and O–H groups in total. The first-order valence-corrected chi connectivity index (χ1v) is 6.42. The number of carbonyl (C=O) groups excluding carboxylic acids is 2. The van der Waals surface area contributed by atoms with Gasteiger partial charge in [-0.05, 0) is 25.1 Å². The SMILES string of the molecule is CC(C)NCCCC(=O)Nc1ccccc1C(N)=O. The molecule has 0 aliphatic rings. The Labute approximate surface area is 113 Å². The monoisotopic (exact) mass is 263 g/mol. The number of anilines is 1. The lowest BCUT2D eigenvalue weighted by Crippen LogP contribution is -2.25. The van der Waals surface area contributed by atoms with Gasteiger partial charge in [0.05, 0.1) is 11.3 Å². The van der Waals surface area contributed by atoms with Crippen LogP contribution in [0.2, 0.25) is 0 Å². The molecule has 1 rings (SSSR count). The van der Waals surface area contributed by atoms with Crippen molar-refractivity contribution in [3.8, 4) is 0 Å². The molecule has 0 saturated heterocycles. The van der Waals surface area contributed by atoms with Crippen molar-refractivity contribution in [1.29, 1.82) is 0 Å². The molecule has 19 heavy (non-hydrogen) atoms. The van der Waals surface area contributed by atoms with Crippen LogP contribution in [0.25, 0.3) is 0 Å². The number of benzene rings is 1. The summed E-state index contributed by atoms with van der Waals surface area (Å²) < 4.78 is 0. The summed E-state index contributed by atoms with van der Waals surface area (Å²) in [5.41, 5.74) is 6.04. The Balaban J connectivity index is 2.46. The Morgan fingerprint density at radius 3 is 2.58 bits per heavy atom. The van der Waals surface area contributed by atoms with E-state index in [1.54, 1.807) is 24.3 Å². The number of hydrogen-bond donors (Lipinski definition) is 3.